The third kappa shape index (κ3) is 5.11. The van der Waals surface area contributed by atoms with Crippen LogP contribution in [0.3, 0.4) is 0 Å². The Bertz CT molecular complexity index is 1360. The molecule has 11 heteroatoms. The summed E-state index contributed by atoms with van der Waals surface area (Å²) in [7, 11) is -1.91. The van der Waals surface area contributed by atoms with E-state index in [-0.39, 0.29) is 5.41 Å². The summed E-state index contributed by atoms with van der Waals surface area (Å²) in [5, 5.41) is 7.80. The molecule has 2 aliphatic rings. The molecule has 0 spiro atoms. The van der Waals surface area contributed by atoms with Gasteiger partial charge >= 0.3 is 0 Å². The van der Waals surface area contributed by atoms with Gasteiger partial charge < -0.3 is 10.2 Å². The first-order valence-electron chi connectivity index (χ1n) is 12.5. The molecule has 0 aliphatic carbocycles. The van der Waals surface area contributed by atoms with Crippen molar-refractivity contribution in [3.63, 3.8) is 0 Å². The molecule has 5 rings (SSSR count). The van der Waals surface area contributed by atoms with Gasteiger partial charge in [-0.25, -0.2) is 28.4 Å². The minimum Gasteiger partial charge on any atom is -0.351 e. The molecule has 0 atom stereocenters. The second-order valence-electron chi connectivity index (χ2n) is 10.2. The lowest BCUT2D eigenvalue weighted by Crippen LogP contribution is -2.51. The van der Waals surface area contributed by atoms with Crippen LogP contribution in [0.1, 0.15) is 25.0 Å². The zero-order valence-electron chi connectivity index (χ0n) is 21.8. The van der Waals surface area contributed by atoms with Gasteiger partial charge in [0.25, 0.3) is 0 Å². The fraction of sp³-hybridized carbons (Fsp3) is 0.423. The lowest BCUT2D eigenvalue weighted by molar-refractivity contribution is 0.240. The third-order valence-corrected chi connectivity index (χ3v) is 8.13. The van der Waals surface area contributed by atoms with Crippen molar-refractivity contribution >= 4 is 33.3 Å². The monoisotopic (exact) mass is 522 g/mol. The summed E-state index contributed by atoms with van der Waals surface area (Å²) in [6, 6.07) is 14.0. The molecule has 0 saturated carbocycles. The number of benzene rings is 1. The van der Waals surface area contributed by atoms with Gasteiger partial charge in [0, 0.05) is 75.3 Å². The molecule has 4 heterocycles. The Morgan fingerprint density at radius 3 is 2.49 bits per heavy atom. The largest absolute Gasteiger partial charge is 0.351 e. The van der Waals surface area contributed by atoms with Crippen LogP contribution in [0.5, 0.6) is 0 Å². The number of hydrogen-bond acceptors (Lipinski definition) is 9. The SMILES string of the molecule is CN(c1ncccc1CN1CC(C)(C)c2cnc(N(c3ccccc3)N3CCNCC3)nc21)S(C)(=O)=O. The van der Waals surface area contributed by atoms with E-state index in [1.807, 2.05) is 36.5 Å². The van der Waals surface area contributed by atoms with Gasteiger partial charge in [0.05, 0.1) is 11.9 Å². The number of piperazine rings is 1. The number of para-hydroxylation sites is 1. The van der Waals surface area contributed by atoms with Crippen LogP contribution in [0, 0.1) is 0 Å². The van der Waals surface area contributed by atoms with Crippen LogP contribution >= 0.6 is 0 Å². The van der Waals surface area contributed by atoms with E-state index in [2.05, 4.69) is 51.2 Å². The van der Waals surface area contributed by atoms with E-state index in [4.69, 9.17) is 9.97 Å². The first-order valence-corrected chi connectivity index (χ1v) is 14.3. The van der Waals surface area contributed by atoms with Crippen LogP contribution in [-0.4, -0.2) is 74.4 Å². The van der Waals surface area contributed by atoms with Gasteiger partial charge in [-0.1, -0.05) is 38.1 Å². The van der Waals surface area contributed by atoms with Crippen LogP contribution in [0.2, 0.25) is 0 Å². The lowest BCUT2D eigenvalue weighted by Gasteiger charge is -2.37. The molecule has 37 heavy (non-hydrogen) atoms. The van der Waals surface area contributed by atoms with E-state index >= 15 is 0 Å². The average molecular weight is 523 g/mol. The van der Waals surface area contributed by atoms with Crippen molar-refractivity contribution in [1.82, 2.24) is 25.3 Å². The highest BCUT2D eigenvalue weighted by Crippen LogP contribution is 2.41. The lowest BCUT2D eigenvalue weighted by atomic mass is 9.89. The summed E-state index contributed by atoms with van der Waals surface area (Å²) < 4.78 is 25.8. The molecule has 3 aromatic rings. The molecule has 1 aromatic carbocycles. The second kappa shape index (κ2) is 9.88. The average Bonchev–Trinajstić information content (AvgIpc) is 3.14. The summed E-state index contributed by atoms with van der Waals surface area (Å²) in [6.45, 7) is 9.07. The Morgan fingerprint density at radius 1 is 1.05 bits per heavy atom. The maximum atomic E-state index is 12.3. The van der Waals surface area contributed by atoms with E-state index in [1.165, 1.54) is 17.6 Å². The maximum Gasteiger partial charge on any atom is 0.247 e. The molecule has 0 amide bonds. The van der Waals surface area contributed by atoms with E-state index in [1.54, 1.807) is 6.20 Å². The number of nitrogens with one attached hydrogen (secondary N) is 1. The van der Waals surface area contributed by atoms with Gasteiger partial charge in [-0.2, -0.15) is 4.98 Å². The maximum absolute atomic E-state index is 12.3. The van der Waals surface area contributed by atoms with Crippen molar-refractivity contribution in [1.29, 1.82) is 0 Å². The fourth-order valence-electron chi connectivity index (χ4n) is 4.98. The Morgan fingerprint density at radius 2 is 1.78 bits per heavy atom. The minimum absolute atomic E-state index is 0.161. The molecule has 10 nitrogen and oxygen atoms in total. The van der Waals surface area contributed by atoms with Crippen LogP contribution < -0.4 is 19.5 Å². The Labute approximate surface area is 219 Å². The quantitative estimate of drug-likeness (QED) is 0.502. The van der Waals surface area contributed by atoms with Gasteiger partial charge in [-0.05, 0) is 18.2 Å². The summed E-state index contributed by atoms with van der Waals surface area (Å²) in [4.78, 5) is 16.6. The zero-order chi connectivity index (χ0) is 26.2. The van der Waals surface area contributed by atoms with Crippen molar-refractivity contribution in [3.8, 4) is 0 Å². The molecular formula is C26H34N8O2S. The van der Waals surface area contributed by atoms with Gasteiger partial charge in [0.2, 0.25) is 16.0 Å². The number of aromatic nitrogens is 3. The number of anilines is 4. The minimum atomic E-state index is -3.45. The molecular weight excluding hydrogens is 488 g/mol. The summed E-state index contributed by atoms with van der Waals surface area (Å²) in [5.41, 5.74) is 2.75. The Kier molecular flexibility index (Phi) is 6.78. The van der Waals surface area contributed by atoms with E-state index < -0.39 is 10.0 Å². The number of fused-ring (bicyclic) bond motifs is 1. The van der Waals surface area contributed by atoms with Crippen molar-refractivity contribution < 1.29 is 8.42 Å². The number of nitrogens with zero attached hydrogens (tertiary/aromatic N) is 7. The number of sulfonamides is 1. The second-order valence-corrected chi connectivity index (χ2v) is 12.2. The van der Waals surface area contributed by atoms with Crippen LogP contribution in [0.4, 0.5) is 23.3 Å². The van der Waals surface area contributed by atoms with Gasteiger partial charge in [0.1, 0.15) is 11.6 Å². The Balaban J connectivity index is 1.54. The first-order chi connectivity index (χ1) is 17.6. The standard InChI is InChI=1S/C26H34N8O2S/c1-26(2)19-32(18-20-9-8-12-28-23(20)31(3)37(4,35)36)24-22(26)17-29-25(30-24)34(21-10-6-5-7-11-21)33-15-13-27-14-16-33/h5-12,17,27H,13-16,18-19H2,1-4H3. The smallest absolute Gasteiger partial charge is 0.247 e. The highest BCUT2D eigenvalue weighted by atomic mass is 32.2. The van der Waals surface area contributed by atoms with Gasteiger partial charge in [-0.15, -0.1) is 0 Å². The van der Waals surface area contributed by atoms with Gasteiger partial charge in [0.15, 0.2) is 0 Å². The third-order valence-electron chi connectivity index (χ3n) is 6.96. The summed E-state index contributed by atoms with van der Waals surface area (Å²) in [6.07, 6.45) is 4.75. The van der Waals surface area contributed by atoms with E-state index in [0.717, 1.165) is 55.4 Å². The fourth-order valence-corrected chi connectivity index (χ4v) is 5.46. The highest BCUT2D eigenvalue weighted by Gasteiger charge is 2.38. The van der Waals surface area contributed by atoms with Crippen LogP contribution in [0.25, 0.3) is 0 Å². The Hall–Kier alpha value is -3.28. The molecule has 1 saturated heterocycles. The predicted octanol–water partition coefficient (Wildman–Crippen LogP) is 2.52. The van der Waals surface area contributed by atoms with E-state index in [0.29, 0.717) is 18.3 Å². The van der Waals surface area contributed by atoms with Crippen molar-refractivity contribution in [3.05, 3.63) is 66.0 Å². The van der Waals surface area contributed by atoms with Crippen molar-refractivity contribution in [2.75, 3.05) is 60.2 Å². The number of pyridine rings is 1. The topological polar surface area (TPSA) is 97.8 Å². The molecule has 196 valence electrons. The number of hydrogen-bond donors (Lipinski definition) is 1. The predicted molar refractivity (Wildman–Crippen MR) is 147 cm³/mol. The van der Waals surface area contributed by atoms with Crippen molar-refractivity contribution in [2.24, 2.45) is 0 Å². The molecule has 1 fully saturated rings. The van der Waals surface area contributed by atoms with Gasteiger partial charge in [-0.3, -0.25) is 4.31 Å². The molecule has 0 radical (unpaired) electrons. The number of hydrazine groups is 1. The summed E-state index contributed by atoms with van der Waals surface area (Å²) in [5.74, 6) is 1.91. The molecule has 0 bridgehead atoms. The summed E-state index contributed by atoms with van der Waals surface area (Å²) >= 11 is 0. The molecule has 1 N–H and O–H groups in total. The zero-order valence-corrected chi connectivity index (χ0v) is 22.6. The van der Waals surface area contributed by atoms with Crippen LogP contribution in [-0.2, 0) is 22.0 Å². The molecule has 2 aromatic heterocycles. The molecule has 2 aliphatic heterocycles. The normalized spacial score (nSPS) is 17.5. The van der Waals surface area contributed by atoms with E-state index in [9.17, 15) is 8.42 Å². The van der Waals surface area contributed by atoms with Crippen molar-refractivity contribution in [2.45, 2.75) is 25.8 Å². The first kappa shape index (κ1) is 25.4. The number of rotatable bonds is 7. The van der Waals surface area contributed by atoms with Crippen LogP contribution in [0.15, 0.2) is 54.9 Å². The molecule has 0 unspecified atom stereocenters. The highest BCUT2D eigenvalue weighted by molar-refractivity contribution is 7.92.